The van der Waals surface area contributed by atoms with E-state index in [0.29, 0.717) is 6.42 Å². The average Bonchev–Trinajstić information content (AvgIpc) is 2.80. The molecule has 4 heteroatoms. The van der Waals surface area contributed by atoms with Crippen LogP contribution in [-0.4, -0.2) is 11.7 Å². The Hall–Kier alpha value is -2.80. The van der Waals surface area contributed by atoms with E-state index in [1.165, 1.54) is 12.1 Å². The van der Waals surface area contributed by atoms with Crippen molar-refractivity contribution in [2.75, 3.05) is 7.11 Å². The Kier molecular flexibility index (Phi) is 3.56. The molecule has 110 valence electrons. The second-order valence-corrected chi connectivity index (χ2v) is 5.09. The van der Waals surface area contributed by atoms with E-state index < -0.39 is 0 Å². The van der Waals surface area contributed by atoms with Crippen LogP contribution in [0.3, 0.4) is 0 Å². The number of benzene rings is 2. The van der Waals surface area contributed by atoms with Crippen molar-refractivity contribution in [1.29, 1.82) is 5.26 Å². The number of halogens is 1. The van der Waals surface area contributed by atoms with Gasteiger partial charge >= 0.3 is 0 Å². The number of hydrogen-bond acceptors (Lipinski definition) is 2. The molecule has 3 rings (SSSR count). The Morgan fingerprint density at radius 3 is 2.55 bits per heavy atom. The molecule has 0 aliphatic rings. The lowest BCUT2D eigenvalue weighted by Crippen LogP contribution is -1.97. The van der Waals surface area contributed by atoms with Crippen molar-refractivity contribution in [1.82, 2.24) is 4.57 Å². The van der Waals surface area contributed by atoms with Crippen LogP contribution in [0.2, 0.25) is 0 Å². The third-order valence-corrected chi connectivity index (χ3v) is 3.88. The number of methoxy groups -OCH3 is 1. The van der Waals surface area contributed by atoms with E-state index in [4.69, 9.17) is 10.00 Å². The number of nitriles is 1. The third kappa shape index (κ3) is 2.21. The first kappa shape index (κ1) is 14.2. The summed E-state index contributed by atoms with van der Waals surface area (Å²) in [6.07, 6.45) is 0.323. The summed E-state index contributed by atoms with van der Waals surface area (Å²) in [5.74, 6) is 0.486. The molecule has 22 heavy (non-hydrogen) atoms. The lowest BCUT2D eigenvalue weighted by atomic mass is 10.1. The fourth-order valence-corrected chi connectivity index (χ4v) is 2.81. The largest absolute Gasteiger partial charge is 0.497 e. The van der Waals surface area contributed by atoms with Crippen LogP contribution in [0.5, 0.6) is 5.75 Å². The number of rotatable bonds is 3. The number of ether oxygens (including phenoxy) is 1. The summed E-state index contributed by atoms with van der Waals surface area (Å²) in [6.45, 7) is 1.97. The number of nitrogens with zero attached hydrogens (tertiary/aromatic N) is 2. The maximum atomic E-state index is 13.2. The van der Waals surface area contributed by atoms with Gasteiger partial charge in [0.25, 0.3) is 0 Å². The molecule has 0 aliphatic heterocycles. The van der Waals surface area contributed by atoms with Crippen molar-refractivity contribution < 1.29 is 9.13 Å². The van der Waals surface area contributed by atoms with Crippen LogP contribution in [0.15, 0.2) is 42.5 Å². The van der Waals surface area contributed by atoms with Gasteiger partial charge in [-0.05, 0) is 55.0 Å². The highest BCUT2D eigenvalue weighted by Gasteiger charge is 2.15. The second-order valence-electron chi connectivity index (χ2n) is 5.09. The Morgan fingerprint density at radius 2 is 1.91 bits per heavy atom. The maximum absolute atomic E-state index is 13.2. The van der Waals surface area contributed by atoms with Crippen molar-refractivity contribution in [3.63, 3.8) is 0 Å². The summed E-state index contributed by atoms with van der Waals surface area (Å²) in [7, 11) is 1.62. The standard InChI is InChI=1S/C18H15FN2O/c1-12-16(9-10-20)17-11-15(22-2)7-8-18(17)21(12)14-5-3-13(19)4-6-14/h3-8,11H,9H2,1-2H3. The van der Waals surface area contributed by atoms with Gasteiger partial charge in [0.1, 0.15) is 11.6 Å². The van der Waals surface area contributed by atoms with E-state index in [1.54, 1.807) is 19.2 Å². The Balaban J connectivity index is 2.32. The van der Waals surface area contributed by atoms with Gasteiger partial charge < -0.3 is 9.30 Å². The van der Waals surface area contributed by atoms with Crippen LogP contribution in [0.1, 0.15) is 11.3 Å². The highest BCUT2D eigenvalue weighted by atomic mass is 19.1. The molecule has 0 unspecified atom stereocenters. The van der Waals surface area contributed by atoms with Crippen LogP contribution >= 0.6 is 0 Å². The zero-order valence-corrected chi connectivity index (χ0v) is 12.4. The molecule has 0 amide bonds. The Bertz CT molecular complexity index is 873. The molecular weight excluding hydrogens is 279 g/mol. The zero-order valence-electron chi connectivity index (χ0n) is 12.4. The van der Waals surface area contributed by atoms with E-state index in [9.17, 15) is 4.39 Å². The summed E-state index contributed by atoms with van der Waals surface area (Å²) in [6, 6.07) is 14.4. The Labute approximate surface area is 128 Å². The molecule has 0 radical (unpaired) electrons. The zero-order chi connectivity index (χ0) is 15.7. The quantitative estimate of drug-likeness (QED) is 0.727. The summed E-state index contributed by atoms with van der Waals surface area (Å²) >= 11 is 0. The molecule has 1 aromatic heterocycles. The molecule has 0 spiro atoms. The van der Waals surface area contributed by atoms with Gasteiger partial charge in [-0.1, -0.05) is 0 Å². The Morgan fingerprint density at radius 1 is 1.18 bits per heavy atom. The van der Waals surface area contributed by atoms with Gasteiger partial charge in [-0.3, -0.25) is 0 Å². The number of fused-ring (bicyclic) bond motifs is 1. The molecule has 0 fully saturated rings. The SMILES string of the molecule is COc1ccc2c(c1)c(CC#N)c(C)n2-c1ccc(F)cc1. The first-order chi connectivity index (χ1) is 10.7. The van der Waals surface area contributed by atoms with E-state index in [2.05, 4.69) is 6.07 Å². The molecule has 0 saturated carbocycles. The van der Waals surface area contributed by atoms with E-state index in [-0.39, 0.29) is 5.82 Å². The van der Waals surface area contributed by atoms with Crippen LogP contribution < -0.4 is 4.74 Å². The normalized spacial score (nSPS) is 10.6. The van der Waals surface area contributed by atoms with Gasteiger partial charge in [-0.25, -0.2) is 4.39 Å². The highest BCUT2D eigenvalue weighted by molar-refractivity contribution is 5.88. The first-order valence-corrected chi connectivity index (χ1v) is 6.96. The maximum Gasteiger partial charge on any atom is 0.123 e. The lowest BCUT2D eigenvalue weighted by Gasteiger charge is -2.09. The van der Waals surface area contributed by atoms with Crippen molar-refractivity contribution >= 4 is 10.9 Å². The van der Waals surface area contributed by atoms with Crippen LogP contribution in [-0.2, 0) is 6.42 Å². The van der Waals surface area contributed by atoms with Gasteiger partial charge in [0.2, 0.25) is 0 Å². The third-order valence-electron chi connectivity index (χ3n) is 3.88. The second kappa shape index (κ2) is 5.53. The molecule has 0 aliphatic carbocycles. The number of aromatic nitrogens is 1. The summed E-state index contributed by atoms with van der Waals surface area (Å²) in [4.78, 5) is 0. The molecule has 2 aromatic carbocycles. The molecule has 3 aromatic rings. The fraction of sp³-hybridized carbons (Fsp3) is 0.167. The average molecular weight is 294 g/mol. The van der Waals surface area contributed by atoms with Crippen molar-refractivity contribution in [2.24, 2.45) is 0 Å². The van der Waals surface area contributed by atoms with Gasteiger partial charge in [0.15, 0.2) is 0 Å². The van der Waals surface area contributed by atoms with Gasteiger partial charge in [0.05, 0.1) is 25.1 Å². The first-order valence-electron chi connectivity index (χ1n) is 6.96. The molecule has 0 N–H and O–H groups in total. The minimum Gasteiger partial charge on any atom is -0.497 e. The molecular formula is C18H15FN2O. The van der Waals surface area contributed by atoms with Crippen molar-refractivity contribution in [2.45, 2.75) is 13.3 Å². The monoisotopic (exact) mass is 294 g/mol. The van der Waals surface area contributed by atoms with E-state index >= 15 is 0 Å². The molecule has 0 bridgehead atoms. The van der Waals surface area contributed by atoms with Gasteiger partial charge in [-0.15, -0.1) is 0 Å². The smallest absolute Gasteiger partial charge is 0.123 e. The summed E-state index contributed by atoms with van der Waals surface area (Å²) in [5.41, 5.74) is 3.81. The van der Waals surface area contributed by atoms with Gasteiger partial charge in [0, 0.05) is 16.8 Å². The van der Waals surface area contributed by atoms with Crippen LogP contribution in [0.4, 0.5) is 4.39 Å². The highest BCUT2D eigenvalue weighted by Crippen LogP contribution is 2.32. The molecule has 1 heterocycles. The summed E-state index contributed by atoms with van der Waals surface area (Å²) in [5, 5.41) is 10.1. The predicted molar refractivity (Wildman–Crippen MR) is 83.8 cm³/mol. The van der Waals surface area contributed by atoms with Gasteiger partial charge in [-0.2, -0.15) is 5.26 Å². The van der Waals surface area contributed by atoms with Crippen molar-refractivity contribution in [3.05, 3.63) is 59.5 Å². The van der Waals surface area contributed by atoms with E-state index in [1.807, 2.05) is 29.7 Å². The minimum atomic E-state index is -0.267. The topological polar surface area (TPSA) is 37.9 Å². The summed E-state index contributed by atoms with van der Waals surface area (Å²) < 4.78 is 20.5. The van der Waals surface area contributed by atoms with Crippen molar-refractivity contribution in [3.8, 4) is 17.5 Å². The predicted octanol–water partition coefficient (Wildman–Crippen LogP) is 4.15. The molecule has 3 nitrogen and oxygen atoms in total. The minimum absolute atomic E-state index is 0.267. The fourth-order valence-electron chi connectivity index (χ4n) is 2.81. The lowest BCUT2D eigenvalue weighted by molar-refractivity contribution is 0.415. The number of hydrogen-bond donors (Lipinski definition) is 0. The molecule has 0 saturated heterocycles. The molecule has 0 atom stereocenters. The van der Waals surface area contributed by atoms with E-state index in [0.717, 1.165) is 33.6 Å². The van der Waals surface area contributed by atoms with Crippen LogP contribution in [0.25, 0.3) is 16.6 Å². The van der Waals surface area contributed by atoms with Crippen LogP contribution in [0, 0.1) is 24.1 Å².